The summed E-state index contributed by atoms with van der Waals surface area (Å²) >= 11 is 12.3. The number of sulfonamides is 1. The van der Waals surface area contributed by atoms with Crippen molar-refractivity contribution in [3.8, 4) is 5.75 Å². The number of hydrogen-bond donors (Lipinski definition) is 1. The molecule has 0 aromatic heterocycles. The number of ether oxygens (including phenoxy) is 1. The normalized spacial score (nSPS) is 11.9. The van der Waals surface area contributed by atoms with Crippen molar-refractivity contribution in [2.24, 2.45) is 0 Å². The van der Waals surface area contributed by atoms with Gasteiger partial charge in [-0.2, -0.15) is 0 Å². The highest BCUT2D eigenvalue weighted by atomic mass is 35.5. The molecule has 0 bridgehead atoms. The van der Waals surface area contributed by atoms with E-state index in [9.17, 15) is 18.0 Å². The van der Waals surface area contributed by atoms with Crippen LogP contribution in [-0.4, -0.2) is 57.1 Å². The van der Waals surface area contributed by atoms with Crippen LogP contribution in [0.1, 0.15) is 25.0 Å². The van der Waals surface area contributed by atoms with Crippen LogP contribution < -0.4 is 14.4 Å². The van der Waals surface area contributed by atoms with Gasteiger partial charge in [-0.3, -0.25) is 13.9 Å². The van der Waals surface area contributed by atoms with Crippen LogP contribution in [0.3, 0.4) is 0 Å². The van der Waals surface area contributed by atoms with E-state index in [1.54, 1.807) is 49.4 Å². The lowest BCUT2D eigenvalue weighted by Gasteiger charge is -2.33. The van der Waals surface area contributed by atoms with Crippen LogP contribution in [0.15, 0.2) is 72.8 Å². The Balaban J connectivity index is 2.03. The van der Waals surface area contributed by atoms with Crippen LogP contribution in [0.2, 0.25) is 10.0 Å². The highest BCUT2D eigenvalue weighted by molar-refractivity contribution is 7.92. The molecular formula is C29H33Cl2N3O5S. The van der Waals surface area contributed by atoms with Crippen molar-refractivity contribution >= 4 is 50.7 Å². The van der Waals surface area contributed by atoms with Crippen LogP contribution in [-0.2, 0) is 32.6 Å². The van der Waals surface area contributed by atoms with E-state index in [1.807, 2.05) is 37.3 Å². The Hall–Kier alpha value is -3.27. The Bertz CT molecular complexity index is 1400. The van der Waals surface area contributed by atoms with Gasteiger partial charge in [0.1, 0.15) is 18.3 Å². The quantitative estimate of drug-likeness (QED) is 0.298. The molecule has 0 fully saturated rings. The maximum atomic E-state index is 14.0. The molecule has 3 aromatic carbocycles. The Morgan fingerprint density at radius 2 is 1.60 bits per heavy atom. The van der Waals surface area contributed by atoms with Crippen molar-refractivity contribution in [1.29, 1.82) is 0 Å². The van der Waals surface area contributed by atoms with E-state index in [2.05, 4.69) is 5.32 Å². The first-order valence-electron chi connectivity index (χ1n) is 12.8. The largest absolute Gasteiger partial charge is 0.494 e. The zero-order chi connectivity index (χ0) is 29.3. The minimum Gasteiger partial charge on any atom is -0.494 e. The van der Waals surface area contributed by atoms with Gasteiger partial charge in [0.25, 0.3) is 0 Å². The average Bonchev–Trinajstić information content (AvgIpc) is 2.92. The molecule has 0 aliphatic carbocycles. The molecule has 1 N–H and O–H groups in total. The summed E-state index contributed by atoms with van der Waals surface area (Å²) in [6, 6.07) is 19.8. The summed E-state index contributed by atoms with van der Waals surface area (Å²) in [5, 5.41) is 3.47. The van der Waals surface area contributed by atoms with Gasteiger partial charge >= 0.3 is 0 Å². The van der Waals surface area contributed by atoms with Crippen molar-refractivity contribution in [2.75, 3.05) is 30.3 Å². The predicted octanol–water partition coefficient (Wildman–Crippen LogP) is 4.93. The van der Waals surface area contributed by atoms with E-state index >= 15 is 0 Å². The maximum Gasteiger partial charge on any atom is 0.244 e. The van der Waals surface area contributed by atoms with Crippen molar-refractivity contribution < 1.29 is 22.7 Å². The molecule has 11 heteroatoms. The van der Waals surface area contributed by atoms with Gasteiger partial charge in [0, 0.05) is 19.5 Å². The Labute approximate surface area is 245 Å². The van der Waals surface area contributed by atoms with Crippen LogP contribution in [0.5, 0.6) is 5.75 Å². The molecule has 0 saturated carbocycles. The van der Waals surface area contributed by atoms with Crippen molar-refractivity contribution in [3.05, 3.63) is 94.0 Å². The van der Waals surface area contributed by atoms with Crippen LogP contribution in [0, 0.1) is 0 Å². The number of nitrogens with zero attached hydrogens (tertiary/aromatic N) is 2. The molecular weight excluding hydrogens is 573 g/mol. The fraction of sp³-hybridized carbons (Fsp3) is 0.310. The van der Waals surface area contributed by atoms with Crippen molar-refractivity contribution in [2.45, 2.75) is 32.9 Å². The Morgan fingerprint density at radius 3 is 2.17 bits per heavy atom. The summed E-state index contributed by atoms with van der Waals surface area (Å²) in [7, 11) is -3.87. The highest BCUT2D eigenvalue weighted by Crippen LogP contribution is 2.26. The van der Waals surface area contributed by atoms with Gasteiger partial charge in [-0.05, 0) is 61.4 Å². The van der Waals surface area contributed by atoms with Crippen molar-refractivity contribution in [3.63, 3.8) is 0 Å². The molecule has 3 rings (SSSR count). The Morgan fingerprint density at radius 1 is 0.925 bits per heavy atom. The molecule has 40 heavy (non-hydrogen) atoms. The van der Waals surface area contributed by atoms with Gasteiger partial charge in [0.2, 0.25) is 21.8 Å². The minimum absolute atomic E-state index is 0.00519. The van der Waals surface area contributed by atoms with Crippen LogP contribution in [0.4, 0.5) is 5.69 Å². The molecule has 0 heterocycles. The molecule has 1 atom stereocenters. The molecule has 8 nitrogen and oxygen atoms in total. The fourth-order valence-corrected chi connectivity index (χ4v) is 5.34. The van der Waals surface area contributed by atoms with Gasteiger partial charge in [0.15, 0.2) is 0 Å². The van der Waals surface area contributed by atoms with Gasteiger partial charge in [-0.15, -0.1) is 0 Å². The zero-order valence-electron chi connectivity index (χ0n) is 22.6. The number of carbonyl (C=O) groups is 2. The number of carbonyl (C=O) groups excluding carboxylic acids is 2. The van der Waals surface area contributed by atoms with Crippen molar-refractivity contribution in [1.82, 2.24) is 10.2 Å². The second kappa shape index (κ2) is 14.4. The molecule has 0 aliphatic heterocycles. The monoisotopic (exact) mass is 605 g/mol. The molecule has 214 valence electrons. The maximum absolute atomic E-state index is 14.0. The molecule has 0 aliphatic rings. The topological polar surface area (TPSA) is 96.0 Å². The fourth-order valence-electron chi connectivity index (χ4n) is 4.17. The van der Waals surface area contributed by atoms with Gasteiger partial charge in [0.05, 0.1) is 28.6 Å². The first-order chi connectivity index (χ1) is 19.0. The number of amides is 2. The summed E-state index contributed by atoms with van der Waals surface area (Å²) in [6.45, 7) is 3.95. The number of likely N-dealkylation sites (N-methyl/N-ethyl adjacent to an activating group) is 1. The third kappa shape index (κ3) is 8.61. The number of benzene rings is 3. The smallest absolute Gasteiger partial charge is 0.244 e. The lowest BCUT2D eigenvalue weighted by atomic mass is 10.0. The number of halogens is 2. The van der Waals surface area contributed by atoms with E-state index in [-0.39, 0.29) is 18.9 Å². The SMILES string of the molecule is CCNC(=O)[C@@H](Cc1ccccc1)N(Cc1ccc(Cl)c(Cl)c1)C(=O)CN(c1ccc(OCC)cc1)S(C)(=O)=O. The first-order valence-corrected chi connectivity index (χ1v) is 15.4. The van der Waals surface area contributed by atoms with E-state index < -0.39 is 28.5 Å². The summed E-state index contributed by atoms with van der Waals surface area (Å²) in [6.07, 6.45) is 1.26. The minimum atomic E-state index is -3.87. The first kappa shape index (κ1) is 31.3. The number of rotatable bonds is 13. The third-order valence-corrected chi connectivity index (χ3v) is 7.95. The van der Waals surface area contributed by atoms with Crippen LogP contribution >= 0.6 is 23.2 Å². The molecule has 0 radical (unpaired) electrons. The van der Waals surface area contributed by atoms with Crippen LogP contribution in [0.25, 0.3) is 0 Å². The van der Waals surface area contributed by atoms with E-state index in [4.69, 9.17) is 27.9 Å². The second-order valence-corrected chi connectivity index (χ2v) is 11.8. The molecule has 2 amide bonds. The lowest BCUT2D eigenvalue weighted by Crippen LogP contribution is -2.53. The summed E-state index contributed by atoms with van der Waals surface area (Å²) in [4.78, 5) is 28.7. The lowest BCUT2D eigenvalue weighted by molar-refractivity contribution is -0.140. The number of hydrogen-bond acceptors (Lipinski definition) is 5. The number of nitrogens with one attached hydrogen (secondary N) is 1. The van der Waals surface area contributed by atoms with Gasteiger partial charge < -0.3 is 15.0 Å². The van der Waals surface area contributed by atoms with E-state index in [1.165, 1.54) is 4.90 Å². The zero-order valence-corrected chi connectivity index (χ0v) is 25.0. The molecule has 0 unspecified atom stereocenters. The summed E-state index contributed by atoms with van der Waals surface area (Å²) in [5.74, 6) is -0.337. The predicted molar refractivity (Wildman–Crippen MR) is 159 cm³/mol. The Kier molecular flexibility index (Phi) is 11.2. The second-order valence-electron chi connectivity index (χ2n) is 9.07. The standard InChI is InChI=1S/C29H33Cl2N3O5S/c1-4-32-29(36)27(18-21-9-7-6-8-10-21)33(19-22-11-16-25(30)26(31)17-22)28(35)20-34(40(3,37)38)23-12-14-24(15-13-23)39-5-2/h6-17,27H,4-5,18-20H2,1-3H3,(H,32,36)/t27-/m1/s1. The third-order valence-electron chi connectivity index (χ3n) is 6.07. The van der Waals surface area contributed by atoms with Gasteiger partial charge in [-0.1, -0.05) is 59.6 Å². The van der Waals surface area contributed by atoms with E-state index in [0.717, 1.165) is 16.1 Å². The van der Waals surface area contributed by atoms with Gasteiger partial charge in [-0.25, -0.2) is 8.42 Å². The molecule has 0 spiro atoms. The molecule has 0 saturated heterocycles. The summed E-state index contributed by atoms with van der Waals surface area (Å²) < 4.78 is 32.2. The molecule has 3 aromatic rings. The highest BCUT2D eigenvalue weighted by Gasteiger charge is 2.33. The van der Waals surface area contributed by atoms with E-state index in [0.29, 0.717) is 40.2 Å². The number of anilines is 1. The summed E-state index contributed by atoms with van der Waals surface area (Å²) in [5.41, 5.74) is 1.78. The average molecular weight is 607 g/mol.